The molecule has 0 heterocycles. The van der Waals surface area contributed by atoms with Crippen LogP contribution in [0.3, 0.4) is 0 Å². The highest BCUT2D eigenvalue weighted by Crippen LogP contribution is 2.30. The largest absolute Gasteiger partial charge is 0.388 e. The molecule has 0 aromatic heterocycles. The van der Waals surface area contributed by atoms with E-state index in [1.54, 1.807) is 0 Å². The van der Waals surface area contributed by atoms with Crippen molar-refractivity contribution in [2.45, 2.75) is 14.9 Å². The summed E-state index contributed by atoms with van der Waals surface area (Å²) < 4.78 is 1.14. The van der Waals surface area contributed by atoms with Crippen molar-refractivity contribution in [2.24, 2.45) is 0 Å². The first-order valence-corrected chi connectivity index (χ1v) is 9.52. The summed E-state index contributed by atoms with van der Waals surface area (Å²) in [6.07, 6.45) is 0. The minimum atomic E-state index is 0. The minimum absolute atomic E-state index is 0. The number of anilines is 2. The molecule has 0 atom stereocenters. The van der Waals surface area contributed by atoms with Crippen LogP contribution in [0.15, 0.2) is 77.3 Å². The van der Waals surface area contributed by atoms with Gasteiger partial charge in [-0.1, -0.05) is 90.9 Å². The predicted octanol–water partition coefficient (Wildman–Crippen LogP) is 8.45. The Labute approximate surface area is 182 Å². The highest BCUT2D eigenvalue weighted by Gasteiger charge is 2.02. The van der Waals surface area contributed by atoms with Gasteiger partial charge in [0, 0.05) is 51.1 Å². The van der Waals surface area contributed by atoms with Crippen molar-refractivity contribution in [3.05, 3.63) is 82.3 Å². The van der Waals surface area contributed by atoms with Crippen LogP contribution in [0.5, 0.6) is 0 Å². The lowest BCUT2D eigenvalue weighted by atomic mass is 10.1. The van der Waals surface area contributed by atoms with E-state index in [0.29, 0.717) is 0 Å². The van der Waals surface area contributed by atoms with E-state index in [2.05, 4.69) is 63.0 Å². The molecule has 0 unspecified atom stereocenters. The summed E-state index contributed by atoms with van der Waals surface area (Å²) in [5, 5.41) is 11.9. The van der Waals surface area contributed by atoms with Crippen molar-refractivity contribution >= 4 is 60.5 Å². The fourth-order valence-electron chi connectivity index (χ4n) is 2.96. The van der Waals surface area contributed by atoms with Crippen molar-refractivity contribution in [2.75, 3.05) is 24.7 Å². The molecule has 0 amide bonds. The van der Waals surface area contributed by atoms with Crippen molar-refractivity contribution in [1.29, 1.82) is 0 Å². The smallest absolute Gasteiger partial charge is 0.0485 e. The summed E-state index contributed by atoms with van der Waals surface area (Å²) in [6, 6.07) is 24.5. The Morgan fingerprint density at radius 2 is 1.04 bits per heavy atom. The van der Waals surface area contributed by atoms with Crippen molar-refractivity contribution in [3.63, 3.8) is 0 Å². The minimum Gasteiger partial charge on any atom is -0.388 e. The molecule has 0 spiro atoms. The van der Waals surface area contributed by atoms with E-state index in [0.717, 1.165) is 26.0 Å². The Hall–Kier alpha value is -2.23. The summed E-state index contributed by atoms with van der Waals surface area (Å²) in [7, 11) is 3.85. The average Bonchev–Trinajstić information content (AvgIpc) is 2.70. The van der Waals surface area contributed by atoms with Crippen LogP contribution in [-0.2, 0) is 0 Å². The van der Waals surface area contributed by atoms with E-state index in [-0.39, 0.29) is 14.9 Å². The first-order valence-electron chi connectivity index (χ1n) is 8.35. The van der Waals surface area contributed by atoms with Crippen LogP contribution in [0.4, 0.5) is 11.4 Å². The van der Waals surface area contributed by atoms with Gasteiger partial charge in [0.1, 0.15) is 0 Å². The monoisotopic (exact) mass is 458 g/mol. The molecule has 2 N–H and O–H groups in total. The number of benzene rings is 4. The zero-order chi connectivity index (χ0) is 18.5. The second kappa shape index (κ2) is 10.9. The van der Waals surface area contributed by atoms with Gasteiger partial charge in [-0.25, -0.2) is 0 Å². The van der Waals surface area contributed by atoms with Crippen LogP contribution in [-0.4, -0.2) is 14.1 Å². The van der Waals surface area contributed by atoms with Crippen LogP contribution in [0, 0.1) is 0 Å². The van der Waals surface area contributed by atoms with E-state index in [4.69, 9.17) is 11.6 Å². The SMILES string of the molecule is C.C.CNc1ccc(Br)c2ccccc12.CNc1ccc(Cl)c2ccccc12. The third-order valence-electron chi connectivity index (χ3n) is 4.28. The molecule has 0 radical (unpaired) electrons. The molecule has 4 aromatic rings. The number of fused-ring (bicyclic) bond motifs is 2. The van der Waals surface area contributed by atoms with Crippen LogP contribution in [0.25, 0.3) is 21.5 Å². The Bertz CT molecular complexity index is 962. The zero-order valence-corrected chi connectivity index (χ0v) is 17.0. The van der Waals surface area contributed by atoms with Gasteiger partial charge in [0.15, 0.2) is 0 Å². The lowest BCUT2D eigenvalue weighted by Gasteiger charge is -2.06. The third kappa shape index (κ3) is 4.98. The molecule has 2 nitrogen and oxygen atoms in total. The van der Waals surface area contributed by atoms with Crippen LogP contribution >= 0.6 is 27.5 Å². The fourth-order valence-corrected chi connectivity index (χ4v) is 3.67. The third-order valence-corrected chi connectivity index (χ3v) is 5.30. The lowest BCUT2D eigenvalue weighted by molar-refractivity contribution is 1.54. The molecule has 28 heavy (non-hydrogen) atoms. The number of halogens is 2. The molecular weight excluding hydrogens is 432 g/mol. The highest BCUT2D eigenvalue weighted by molar-refractivity contribution is 9.10. The van der Waals surface area contributed by atoms with Crippen LogP contribution in [0.2, 0.25) is 5.02 Å². The first kappa shape index (κ1) is 23.8. The maximum Gasteiger partial charge on any atom is 0.0485 e. The van der Waals surface area contributed by atoms with Crippen LogP contribution < -0.4 is 10.6 Å². The van der Waals surface area contributed by atoms with Crippen molar-refractivity contribution < 1.29 is 0 Å². The summed E-state index contributed by atoms with van der Waals surface area (Å²) in [4.78, 5) is 0. The maximum atomic E-state index is 6.06. The molecule has 148 valence electrons. The number of rotatable bonds is 2. The molecule has 0 saturated carbocycles. The Balaban J connectivity index is 0.000000261. The van der Waals surface area contributed by atoms with E-state index >= 15 is 0 Å². The molecule has 0 fully saturated rings. The predicted molar refractivity (Wildman–Crippen MR) is 133 cm³/mol. The molecule has 0 aliphatic heterocycles. The van der Waals surface area contributed by atoms with E-state index < -0.39 is 0 Å². The van der Waals surface area contributed by atoms with Gasteiger partial charge in [0.25, 0.3) is 0 Å². The normalized spacial score (nSPS) is 9.57. The van der Waals surface area contributed by atoms with E-state index in [9.17, 15) is 0 Å². The van der Waals surface area contributed by atoms with Gasteiger partial charge in [0.2, 0.25) is 0 Å². The number of hydrogen-bond donors (Lipinski definition) is 2. The maximum absolute atomic E-state index is 6.06. The van der Waals surface area contributed by atoms with Gasteiger partial charge in [0.05, 0.1) is 0 Å². The molecule has 0 saturated heterocycles. The van der Waals surface area contributed by atoms with Gasteiger partial charge < -0.3 is 10.6 Å². The standard InChI is InChI=1S/C11H10BrN.C11H10ClN.2CH4/c2*1-13-11-7-6-10(12)8-4-2-3-5-9(8)11;;/h2*2-7,13H,1H3;2*1H4. The van der Waals surface area contributed by atoms with E-state index in [1.165, 1.54) is 16.5 Å². The van der Waals surface area contributed by atoms with Gasteiger partial charge in [-0.15, -0.1) is 0 Å². The van der Waals surface area contributed by atoms with Gasteiger partial charge in [-0.05, 0) is 29.7 Å². The fraction of sp³-hybridized carbons (Fsp3) is 0.167. The summed E-state index contributed by atoms with van der Waals surface area (Å²) in [5.41, 5.74) is 2.28. The summed E-state index contributed by atoms with van der Waals surface area (Å²) in [6.45, 7) is 0. The topological polar surface area (TPSA) is 24.1 Å². The molecule has 4 aromatic carbocycles. The van der Waals surface area contributed by atoms with Crippen LogP contribution in [0.1, 0.15) is 14.9 Å². The second-order valence-corrected chi connectivity index (χ2v) is 7.04. The van der Waals surface area contributed by atoms with Crippen molar-refractivity contribution in [1.82, 2.24) is 0 Å². The molecule has 0 bridgehead atoms. The average molecular weight is 460 g/mol. The summed E-state index contributed by atoms with van der Waals surface area (Å²) in [5.74, 6) is 0. The molecule has 4 rings (SSSR count). The zero-order valence-electron chi connectivity index (χ0n) is 14.7. The number of hydrogen-bond acceptors (Lipinski definition) is 2. The Kier molecular flexibility index (Phi) is 9.30. The quantitative estimate of drug-likeness (QED) is 0.314. The number of nitrogens with one attached hydrogen (secondary N) is 2. The van der Waals surface area contributed by atoms with E-state index in [1.807, 2.05) is 50.5 Å². The van der Waals surface area contributed by atoms with Gasteiger partial charge in [-0.3, -0.25) is 0 Å². The Morgan fingerprint density at radius 3 is 1.57 bits per heavy atom. The second-order valence-electron chi connectivity index (χ2n) is 5.78. The van der Waals surface area contributed by atoms with Gasteiger partial charge >= 0.3 is 0 Å². The van der Waals surface area contributed by atoms with Gasteiger partial charge in [-0.2, -0.15) is 0 Å². The Morgan fingerprint density at radius 1 is 0.607 bits per heavy atom. The lowest BCUT2D eigenvalue weighted by Crippen LogP contribution is -1.89. The van der Waals surface area contributed by atoms with Crippen molar-refractivity contribution in [3.8, 4) is 0 Å². The first-order chi connectivity index (χ1) is 12.7. The highest BCUT2D eigenvalue weighted by atomic mass is 79.9. The summed E-state index contributed by atoms with van der Waals surface area (Å²) >= 11 is 9.59. The molecule has 4 heteroatoms. The molecular formula is C24H28BrClN2. The molecule has 0 aliphatic carbocycles. The molecule has 0 aliphatic rings.